The maximum absolute atomic E-state index is 4.94. The van der Waals surface area contributed by atoms with Crippen molar-refractivity contribution in [2.45, 2.75) is 40.2 Å². The van der Waals surface area contributed by atoms with E-state index in [9.17, 15) is 0 Å². The number of aromatic nitrogens is 4. The highest BCUT2D eigenvalue weighted by molar-refractivity contribution is 5.11. The molecular formula is C11H16N4O. The molecule has 0 atom stereocenters. The molecule has 16 heavy (non-hydrogen) atoms. The van der Waals surface area contributed by atoms with Crippen LogP contribution in [0.1, 0.15) is 37.0 Å². The van der Waals surface area contributed by atoms with Crippen LogP contribution in [0.15, 0.2) is 10.6 Å². The lowest BCUT2D eigenvalue weighted by Crippen LogP contribution is -2.07. The minimum Gasteiger partial charge on any atom is -0.340 e. The lowest BCUT2D eigenvalue weighted by Gasteiger charge is -2.01. The highest BCUT2D eigenvalue weighted by Crippen LogP contribution is 2.08. The maximum atomic E-state index is 4.94. The SMILES string of the molecule is CCc1cc(CC)n(Cc2noc(C)n2)n1. The van der Waals surface area contributed by atoms with Crippen molar-refractivity contribution in [2.75, 3.05) is 0 Å². The quantitative estimate of drug-likeness (QED) is 0.787. The van der Waals surface area contributed by atoms with E-state index in [1.165, 1.54) is 5.69 Å². The van der Waals surface area contributed by atoms with E-state index in [1.54, 1.807) is 6.92 Å². The Bertz CT molecular complexity index is 472. The fourth-order valence-corrected chi connectivity index (χ4v) is 1.65. The molecule has 0 bridgehead atoms. The average Bonchev–Trinajstić information content (AvgIpc) is 2.85. The molecule has 5 heteroatoms. The number of aryl methyl sites for hydroxylation is 3. The van der Waals surface area contributed by atoms with Crippen molar-refractivity contribution in [2.24, 2.45) is 0 Å². The molecule has 0 saturated carbocycles. The molecule has 2 aromatic heterocycles. The average molecular weight is 220 g/mol. The fraction of sp³-hybridized carbons (Fsp3) is 0.545. The van der Waals surface area contributed by atoms with Gasteiger partial charge in [0.1, 0.15) is 6.54 Å². The van der Waals surface area contributed by atoms with E-state index in [0.29, 0.717) is 18.3 Å². The lowest BCUT2D eigenvalue weighted by atomic mass is 10.2. The van der Waals surface area contributed by atoms with Gasteiger partial charge in [-0.2, -0.15) is 10.1 Å². The second-order valence-corrected chi connectivity index (χ2v) is 3.72. The first-order valence-electron chi connectivity index (χ1n) is 5.57. The molecule has 0 amide bonds. The fourth-order valence-electron chi connectivity index (χ4n) is 1.65. The third-order valence-corrected chi connectivity index (χ3v) is 2.50. The largest absolute Gasteiger partial charge is 0.340 e. The summed E-state index contributed by atoms with van der Waals surface area (Å²) in [5.74, 6) is 1.27. The molecule has 2 aromatic rings. The molecule has 0 unspecified atom stereocenters. The monoisotopic (exact) mass is 220 g/mol. The number of hydrogen-bond acceptors (Lipinski definition) is 4. The lowest BCUT2D eigenvalue weighted by molar-refractivity contribution is 0.384. The van der Waals surface area contributed by atoms with Crippen LogP contribution < -0.4 is 0 Å². The van der Waals surface area contributed by atoms with E-state index >= 15 is 0 Å². The van der Waals surface area contributed by atoms with Crippen LogP contribution in [-0.4, -0.2) is 19.9 Å². The molecule has 0 aliphatic heterocycles. The molecule has 2 heterocycles. The standard InChI is InChI=1S/C11H16N4O/c1-4-9-6-10(5-2)15(13-9)7-11-12-8(3)16-14-11/h6H,4-5,7H2,1-3H3. The summed E-state index contributed by atoms with van der Waals surface area (Å²) >= 11 is 0. The first kappa shape index (κ1) is 10.9. The third kappa shape index (κ3) is 2.13. The van der Waals surface area contributed by atoms with Gasteiger partial charge in [0.25, 0.3) is 0 Å². The minimum absolute atomic E-state index is 0.584. The van der Waals surface area contributed by atoms with E-state index in [0.717, 1.165) is 18.5 Å². The zero-order valence-electron chi connectivity index (χ0n) is 9.90. The van der Waals surface area contributed by atoms with Crippen molar-refractivity contribution >= 4 is 0 Å². The Kier molecular flexibility index (Phi) is 3.03. The van der Waals surface area contributed by atoms with Gasteiger partial charge in [-0.05, 0) is 18.9 Å². The molecular weight excluding hydrogens is 204 g/mol. The van der Waals surface area contributed by atoms with Gasteiger partial charge < -0.3 is 4.52 Å². The molecule has 2 rings (SSSR count). The molecule has 0 radical (unpaired) electrons. The van der Waals surface area contributed by atoms with Crippen molar-refractivity contribution in [3.8, 4) is 0 Å². The summed E-state index contributed by atoms with van der Waals surface area (Å²) in [4.78, 5) is 4.18. The summed E-state index contributed by atoms with van der Waals surface area (Å²) in [6, 6.07) is 2.13. The third-order valence-electron chi connectivity index (χ3n) is 2.50. The maximum Gasteiger partial charge on any atom is 0.223 e. The zero-order valence-corrected chi connectivity index (χ0v) is 9.90. The number of nitrogens with zero attached hydrogens (tertiary/aromatic N) is 4. The summed E-state index contributed by atoms with van der Waals surface area (Å²) in [7, 11) is 0. The van der Waals surface area contributed by atoms with Crippen LogP contribution >= 0.6 is 0 Å². The summed E-state index contributed by atoms with van der Waals surface area (Å²) < 4.78 is 6.89. The van der Waals surface area contributed by atoms with Crippen molar-refractivity contribution in [3.63, 3.8) is 0 Å². The molecule has 86 valence electrons. The Hall–Kier alpha value is -1.65. The molecule has 5 nitrogen and oxygen atoms in total. The first-order valence-corrected chi connectivity index (χ1v) is 5.57. The summed E-state index contributed by atoms with van der Waals surface area (Å²) in [5.41, 5.74) is 2.32. The van der Waals surface area contributed by atoms with Gasteiger partial charge in [0.2, 0.25) is 5.89 Å². The zero-order chi connectivity index (χ0) is 11.5. The molecule has 0 spiro atoms. The van der Waals surface area contributed by atoms with Crippen LogP contribution in [0.5, 0.6) is 0 Å². The first-order chi connectivity index (χ1) is 7.72. The minimum atomic E-state index is 0.584. The normalized spacial score (nSPS) is 10.9. The van der Waals surface area contributed by atoms with Crippen LogP contribution in [-0.2, 0) is 19.4 Å². The second kappa shape index (κ2) is 4.47. The van der Waals surface area contributed by atoms with Crippen LogP contribution in [0.3, 0.4) is 0 Å². The van der Waals surface area contributed by atoms with Crippen molar-refractivity contribution in [1.29, 1.82) is 0 Å². The van der Waals surface area contributed by atoms with Gasteiger partial charge in [0.15, 0.2) is 5.82 Å². The van der Waals surface area contributed by atoms with Gasteiger partial charge in [-0.3, -0.25) is 4.68 Å². The van der Waals surface area contributed by atoms with Gasteiger partial charge in [0.05, 0.1) is 5.69 Å². The van der Waals surface area contributed by atoms with Crippen molar-refractivity contribution < 1.29 is 4.52 Å². The van der Waals surface area contributed by atoms with Gasteiger partial charge in [-0.25, -0.2) is 0 Å². The Morgan fingerprint density at radius 3 is 2.69 bits per heavy atom. The molecule has 0 aromatic carbocycles. The van der Waals surface area contributed by atoms with E-state index in [2.05, 4.69) is 35.2 Å². The number of rotatable bonds is 4. The molecule has 0 aliphatic carbocycles. The van der Waals surface area contributed by atoms with Gasteiger partial charge in [-0.15, -0.1) is 0 Å². The summed E-state index contributed by atoms with van der Waals surface area (Å²) in [6.07, 6.45) is 1.91. The molecule has 0 aliphatic rings. The molecule has 0 fully saturated rings. The molecule has 0 saturated heterocycles. The predicted molar refractivity (Wildman–Crippen MR) is 59.1 cm³/mol. The Labute approximate surface area is 94.5 Å². The Morgan fingerprint density at radius 2 is 2.12 bits per heavy atom. The van der Waals surface area contributed by atoms with Gasteiger partial charge in [0, 0.05) is 12.6 Å². The predicted octanol–water partition coefficient (Wildman–Crippen LogP) is 1.75. The summed E-state index contributed by atoms with van der Waals surface area (Å²) in [5, 5.41) is 8.37. The highest BCUT2D eigenvalue weighted by atomic mass is 16.5. The summed E-state index contributed by atoms with van der Waals surface area (Å²) in [6.45, 7) is 6.59. The van der Waals surface area contributed by atoms with Crippen LogP contribution in [0.25, 0.3) is 0 Å². The molecule has 0 N–H and O–H groups in total. The van der Waals surface area contributed by atoms with E-state index in [-0.39, 0.29) is 0 Å². The smallest absolute Gasteiger partial charge is 0.223 e. The second-order valence-electron chi connectivity index (χ2n) is 3.72. The Balaban J connectivity index is 2.22. The number of hydrogen-bond donors (Lipinski definition) is 0. The van der Waals surface area contributed by atoms with Crippen molar-refractivity contribution in [1.82, 2.24) is 19.9 Å². The van der Waals surface area contributed by atoms with Crippen LogP contribution in [0, 0.1) is 6.92 Å². The topological polar surface area (TPSA) is 56.7 Å². The van der Waals surface area contributed by atoms with Gasteiger partial charge >= 0.3 is 0 Å². The highest BCUT2D eigenvalue weighted by Gasteiger charge is 2.09. The van der Waals surface area contributed by atoms with E-state index in [1.807, 2.05) is 4.68 Å². The van der Waals surface area contributed by atoms with Crippen molar-refractivity contribution in [3.05, 3.63) is 29.2 Å². The van der Waals surface area contributed by atoms with Crippen LogP contribution in [0.4, 0.5) is 0 Å². The van der Waals surface area contributed by atoms with E-state index < -0.39 is 0 Å². The van der Waals surface area contributed by atoms with Crippen LogP contribution in [0.2, 0.25) is 0 Å². The van der Waals surface area contributed by atoms with E-state index in [4.69, 9.17) is 4.52 Å². The Morgan fingerprint density at radius 1 is 1.31 bits per heavy atom. The van der Waals surface area contributed by atoms with Gasteiger partial charge in [-0.1, -0.05) is 19.0 Å².